The van der Waals surface area contributed by atoms with Gasteiger partial charge in [0.05, 0.1) is 0 Å². The molecule has 1 atom stereocenters. The number of aliphatic hydroxyl groups is 1. The average molecular weight is 239 g/mol. The number of halogens is 3. The zero-order valence-electron chi connectivity index (χ0n) is 9.63. The topological polar surface area (TPSA) is 23.5 Å². The zero-order valence-corrected chi connectivity index (χ0v) is 9.63. The molecule has 0 aromatic heterocycles. The van der Waals surface area contributed by atoms with Crippen LogP contribution in [0.5, 0.6) is 0 Å². The molecule has 0 bridgehead atoms. The lowest BCUT2D eigenvalue weighted by molar-refractivity contribution is -0.208. The van der Waals surface area contributed by atoms with Gasteiger partial charge < -0.3 is 10.0 Å². The summed E-state index contributed by atoms with van der Waals surface area (Å²) in [6.45, 7) is 3.21. The summed E-state index contributed by atoms with van der Waals surface area (Å²) in [6.07, 6.45) is -2.47. The molecule has 0 spiro atoms. The summed E-state index contributed by atoms with van der Waals surface area (Å²) in [4.78, 5) is 1.71. The highest BCUT2D eigenvalue weighted by atomic mass is 19.4. The van der Waals surface area contributed by atoms with Gasteiger partial charge in [-0.15, -0.1) is 0 Å². The van der Waals surface area contributed by atoms with E-state index in [1.165, 1.54) is 0 Å². The van der Waals surface area contributed by atoms with E-state index in [0.717, 1.165) is 25.7 Å². The van der Waals surface area contributed by atoms with Crippen molar-refractivity contribution < 1.29 is 18.3 Å². The maximum atomic E-state index is 12.1. The lowest BCUT2D eigenvalue weighted by Crippen LogP contribution is -2.44. The second-order valence-electron chi connectivity index (χ2n) is 4.59. The van der Waals surface area contributed by atoms with Crippen molar-refractivity contribution in [1.82, 2.24) is 4.90 Å². The number of β-amino-alcohol motifs (C(OH)–C–C–N with tert-alkyl or cyclic N) is 1. The van der Waals surface area contributed by atoms with Crippen molar-refractivity contribution in [3.05, 3.63) is 0 Å². The van der Waals surface area contributed by atoms with Gasteiger partial charge >= 0.3 is 6.18 Å². The van der Waals surface area contributed by atoms with Crippen molar-refractivity contribution >= 4 is 0 Å². The lowest BCUT2D eigenvalue weighted by atomic mass is 9.92. The molecule has 96 valence electrons. The first-order chi connectivity index (χ1) is 7.43. The van der Waals surface area contributed by atoms with Crippen molar-refractivity contribution in [2.45, 2.75) is 44.9 Å². The van der Waals surface area contributed by atoms with Gasteiger partial charge in [0, 0.05) is 6.54 Å². The number of hydrogen-bond acceptors (Lipinski definition) is 2. The van der Waals surface area contributed by atoms with Crippen LogP contribution in [0.3, 0.4) is 0 Å². The number of aliphatic hydroxyl groups excluding tert-OH is 1. The van der Waals surface area contributed by atoms with E-state index in [0.29, 0.717) is 19.0 Å². The standard InChI is InChI=1S/C11H20F3NO/c1-2-3-9-4-6-15(7-5-9)8-10(16)11(12,13)14/h9-10,16H,2-8H2,1H3. The molecule has 1 fully saturated rings. The van der Waals surface area contributed by atoms with Crippen LogP contribution >= 0.6 is 0 Å². The Hall–Kier alpha value is -0.290. The lowest BCUT2D eigenvalue weighted by Gasteiger charge is -2.33. The first-order valence-electron chi connectivity index (χ1n) is 5.90. The van der Waals surface area contributed by atoms with Gasteiger partial charge in [-0.1, -0.05) is 19.8 Å². The van der Waals surface area contributed by atoms with Gasteiger partial charge in [-0.2, -0.15) is 13.2 Å². The smallest absolute Gasteiger partial charge is 0.382 e. The van der Waals surface area contributed by atoms with Crippen LogP contribution in [0.25, 0.3) is 0 Å². The van der Waals surface area contributed by atoms with Crippen LogP contribution in [0.1, 0.15) is 32.6 Å². The molecule has 1 N–H and O–H groups in total. The summed E-state index contributed by atoms with van der Waals surface area (Å²) in [5.74, 6) is 0.657. The van der Waals surface area contributed by atoms with Gasteiger partial charge in [0.15, 0.2) is 6.10 Å². The Morgan fingerprint density at radius 3 is 2.31 bits per heavy atom. The van der Waals surface area contributed by atoms with Crippen LogP contribution in [-0.4, -0.2) is 41.9 Å². The Morgan fingerprint density at radius 2 is 1.88 bits per heavy atom. The Labute approximate surface area is 94.4 Å². The van der Waals surface area contributed by atoms with Crippen molar-refractivity contribution in [2.24, 2.45) is 5.92 Å². The molecule has 1 saturated heterocycles. The average Bonchev–Trinajstić information content (AvgIpc) is 2.20. The van der Waals surface area contributed by atoms with E-state index in [9.17, 15) is 13.2 Å². The number of nitrogens with zero attached hydrogens (tertiary/aromatic N) is 1. The zero-order chi connectivity index (χ0) is 12.2. The normalized spacial score (nSPS) is 22.3. The summed E-state index contributed by atoms with van der Waals surface area (Å²) in [7, 11) is 0. The third-order valence-corrected chi connectivity index (χ3v) is 3.21. The van der Waals surface area contributed by atoms with Crippen LogP contribution in [0.15, 0.2) is 0 Å². The molecule has 0 aromatic carbocycles. The summed E-state index contributed by atoms with van der Waals surface area (Å²) in [6, 6.07) is 0. The molecule has 1 aliphatic rings. The number of piperidine rings is 1. The Balaban J connectivity index is 2.27. The second kappa shape index (κ2) is 5.87. The largest absolute Gasteiger partial charge is 0.415 e. The molecular formula is C11H20F3NO. The maximum absolute atomic E-state index is 12.1. The Bertz CT molecular complexity index is 200. The van der Waals surface area contributed by atoms with E-state index >= 15 is 0 Å². The third-order valence-electron chi connectivity index (χ3n) is 3.21. The summed E-state index contributed by atoms with van der Waals surface area (Å²) in [5.41, 5.74) is 0. The fraction of sp³-hybridized carbons (Fsp3) is 1.00. The molecule has 0 saturated carbocycles. The van der Waals surface area contributed by atoms with Gasteiger partial charge in [0.2, 0.25) is 0 Å². The first-order valence-corrected chi connectivity index (χ1v) is 5.90. The van der Waals surface area contributed by atoms with E-state index in [2.05, 4.69) is 6.92 Å². The SMILES string of the molecule is CCCC1CCN(CC(O)C(F)(F)F)CC1. The van der Waals surface area contributed by atoms with E-state index in [1.807, 2.05) is 0 Å². The molecule has 0 amide bonds. The first kappa shape index (κ1) is 13.8. The molecule has 1 aliphatic heterocycles. The number of likely N-dealkylation sites (tertiary alicyclic amines) is 1. The summed E-state index contributed by atoms with van der Waals surface area (Å²) in [5, 5.41) is 8.94. The predicted molar refractivity (Wildman–Crippen MR) is 56.1 cm³/mol. The molecule has 5 heteroatoms. The minimum Gasteiger partial charge on any atom is -0.382 e. The van der Waals surface area contributed by atoms with E-state index in [1.54, 1.807) is 4.90 Å². The van der Waals surface area contributed by atoms with Crippen LogP contribution in [0.4, 0.5) is 13.2 Å². The minimum absolute atomic E-state index is 0.275. The third kappa shape index (κ3) is 4.29. The van der Waals surface area contributed by atoms with Crippen molar-refractivity contribution in [3.63, 3.8) is 0 Å². The summed E-state index contributed by atoms with van der Waals surface area (Å²) < 4.78 is 36.4. The minimum atomic E-state index is -4.49. The van der Waals surface area contributed by atoms with E-state index < -0.39 is 12.3 Å². The second-order valence-corrected chi connectivity index (χ2v) is 4.59. The van der Waals surface area contributed by atoms with Crippen molar-refractivity contribution in [1.29, 1.82) is 0 Å². The molecule has 1 rings (SSSR count). The van der Waals surface area contributed by atoms with E-state index in [4.69, 9.17) is 5.11 Å². The van der Waals surface area contributed by atoms with E-state index in [-0.39, 0.29) is 6.54 Å². The van der Waals surface area contributed by atoms with Crippen LogP contribution < -0.4 is 0 Å². The number of rotatable bonds is 4. The molecule has 0 aromatic rings. The fourth-order valence-electron chi connectivity index (χ4n) is 2.21. The Kier molecular flexibility index (Phi) is 5.05. The highest BCUT2D eigenvalue weighted by molar-refractivity contribution is 4.76. The predicted octanol–water partition coefficient (Wildman–Crippen LogP) is 2.42. The quantitative estimate of drug-likeness (QED) is 0.814. The number of hydrogen-bond donors (Lipinski definition) is 1. The van der Waals surface area contributed by atoms with Crippen LogP contribution in [-0.2, 0) is 0 Å². The number of alkyl halides is 3. The van der Waals surface area contributed by atoms with Gasteiger partial charge in [-0.3, -0.25) is 0 Å². The molecule has 1 unspecified atom stereocenters. The molecule has 0 aliphatic carbocycles. The molecular weight excluding hydrogens is 219 g/mol. The summed E-state index contributed by atoms with van der Waals surface area (Å²) >= 11 is 0. The monoisotopic (exact) mass is 239 g/mol. The molecule has 0 radical (unpaired) electrons. The molecule has 1 heterocycles. The van der Waals surface area contributed by atoms with Crippen molar-refractivity contribution in [3.8, 4) is 0 Å². The van der Waals surface area contributed by atoms with Gasteiger partial charge in [0.1, 0.15) is 0 Å². The van der Waals surface area contributed by atoms with Gasteiger partial charge in [0.25, 0.3) is 0 Å². The van der Waals surface area contributed by atoms with Gasteiger partial charge in [-0.25, -0.2) is 0 Å². The van der Waals surface area contributed by atoms with Crippen LogP contribution in [0, 0.1) is 5.92 Å². The van der Waals surface area contributed by atoms with Crippen molar-refractivity contribution in [2.75, 3.05) is 19.6 Å². The highest BCUT2D eigenvalue weighted by Gasteiger charge is 2.39. The maximum Gasteiger partial charge on any atom is 0.415 e. The molecule has 2 nitrogen and oxygen atoms in total. The highest BCUT2D eigenvalue weighted by Crippen LogP contribution is 2.25. The Morgan fingerprint density at radius 1 is 1.31 bits per heavy atom. The van der Waals surface area contributed by atoms with Gasteiger partial charge in [-0.05, 0) is 31.8 Å². The molecule has 16 heavy (non-hydrogen) atoms. The fourth-order valence-corrected chi connectivity index (χ4v) is 2.21. The van der Waals surface area contributed by atoms with Crippen LogP contribution in [0.2, 0.25) is 0 Å².